The summed E-state index contributed by atoms with van der Waals surface area (Å²) in [5.74, 6) is -49.6. The minimum Gasteiger partial charge on any atom is -0.743 e. The lowest BCUT2D eigenvalue weighted by Crippen LogP contribution is -2.75. The van der Waals surface area contributed by atoms with Crippen LogP contribution in [0.1, 0.15) is 19.4 Å². The van der Waals surface area contributed by atoms with Gasteiger partial charge in [-0.1, -0.05) is 24.3 Å². The lowest BCUT2D eigenvalue weighted by Gasteiger charge is -2.42. The molecule has 0 aliphatic heterocycles. The van der Waals surface area contributed by atoms with Crippen molar-refractivity contribution in [3.05, 3.63) is 42.0 Å². The molecule has 0 saturated carbocycles. The van der Waals surface area contributed by atoms with Gasteiger partial charge in [0.2, 0.25) is 0 Å². The Bertz CT molecular complexity index is 1450. The van der Waals surface area contributed by atoms with Crippen LogP contribution in [-0.4, -0.2) is 71.4 Å². The van der Waals surface area contributed by atoms with Crippen LogP contribution in [0.4, 0.5) is 74.6 Å². The Morgan fingerprint density at radius 3 is 1.29 bits per heavy atom. The molecule has 0 spiro atoms. The number of aryl methyl sites for hydroxylation is 1. The molecule has 2 rings (SSSR count). The Morgan fingerprint density at radius 1 is 0.578 bits per heavy atom. The average Bonchev–Trinajstić information content (AvgIpc) is 2.89. The van der Waals surface area contributed by atoms with Crippen molar-refractivity contribution < 1.29 is 87.6 Å². The monoisotopic (exact) mass is 730 g/mol. The molecule has 22 heteroatoms. The maximum Gasteiger partial charge on any atom is 0.460 e. The van der Waals surface area contributed by atoms with E-state index in [1.165, 1.54) is 27.8 Å². The van der Waals surface area contributed by atoms with E-state index < -0.39 is 57.1 Å². The quantitative estimate of drug-likeness (QED) is 0.140. The first-order valence-electron chi connectivity index (χ1n) is 11.6. The molecule has 2 aromatic carbocycles. The van der Waals surface area contributed by atoms with Crippen molar-refractivity contribution in [2.75, 3.05) is 11.5 Å². The second-order valence-electron chi connectivity index (χ2n) is 8.91. The molecular formula is C23H19F17O3S2. The summed E-state index contributed by atoms with van der Waals surface area (Å²) in [5.41, 5.74) is 1.38. The van der Waals surface area contributed by atoms with Crippen molar-refractivity contribution >= 4 is 31.8 Å². The fraction of sp³-hybridized carbons (Fsp3) is 0.565. The number of benzene rings is 2. The normalized spacial score (nSPS) is 14.9. The minimum atomic E-state index is -8.92. The Kier molecular flexibility index (Phi) is 11.3. The van der Waals surface area contributed by atoms with Crippen LogP contribution in [0.3, 0.4) is 0 Å². The molecule has 0 saturated heterocycles. The first-order valence-corrected chi connectivity index (χ1v) is 14.6. The summed E-state index contributed by atoms with van der Waals surface area (Å²) in [6.45, 7) is 6.78. The molecule has 0 radical (unpaired) electrons. The average molecular weight is 731 g/mol. The predicted octanol–water partition coefficient (Wildman–Crippen LogP) is 8.66. The number of hydrogen-bond donors (Lipinski definition) is 0. The van der Waals surface area contributed by atoms with Gasteiger partial charge in [0.1, 0.15) is 11.5 Å². The highest BCUT2D eigenvalue weighted by atomic mass is 32.2. The summed E-state index contributed by atoms with van der Waals surface area (Å²) in [6.07, 6.45) is -7.89. The molecule has 260 valence electrons. The van der Waals surface area contributed by atoms with Gasteiger partial charge < -0.3 is 4.55 Å². The van der Waals surface area contributed by atoms with Crippen molar-refractivity contribution in [3.8, 4) is 0 Å². The van der Waals surface area contributed by atoms with Crippen LogP contribution >= 0.6 is 0 Å². The van der Waals surface area contributed by atoms with Crippen LogP contribution in [0.2, 0.25) is 0 Å². The topological polar surface area (TPSA) is 57.2 Å². The van der Waals surface area contributed by atoms with Crippen LogP contribution in [-0.2, 0) is 21.0 Å². The molecule has 0 N–H and O–H groups in total. The van der Waals surface area contributed by atoms with Crippen LogP contribution < -0.4 is 0 Å². The highest BCUT2D eigenvalue weighted by molar-refractivity contribution is 7.97. The van der Waals surface area contributed by atoms with E-state index in [0.717, 1.165) is 0 Å². The zero-order valence-electron chi connectivity index (χ0n) is 22.3. The largest absolute Gasteiger partial charge is 0.743 e. The van der Waals surface area contributed by atoms with Gasteiger partial charge in [0, 0.05) is 16.3 Å². The third kappa shape index (κ3) is 6.38. The SMILES string of the molecule is CC[S+](CC)c1ccc(C)c2ccccc12.O=S(=O)([O-])C(F)(F)C(F)(F)C(F)(F)C(F)(F)C(F)(F)C(F)(F)C(F)(F)C(F)(F)F. The summed E-state index contributed by atoms with van der Waals surface area (Å²) >= 11 is 0. The van der Waals surface area contributed by atoms with Gasteiger partial charge in [-0.05, 0) is 43.9 Å². The second kappa shape index (κ2) is 12.4. The van der Waals surface area contributed by atoms with E-state index in [1.807, 2.05) is 0 Å². The summed E-state index contributed by atoms with van der Waals surface area (Å²) in [4.78, 5) is 1.55. The molecule has 0 fully saturated rings. The van der Waals surface area contributed by atoms with Crippen molar-refractivity contribution in [2.45, 2.75) is 72.6 Å². The van der Waals surface area contributed by atoms with Gasteiger partial charge in [0.15, 0.2) is 15.0 Å². The molecule has 2 aromatic rings. The fourth-order valence-electron chi connectivity index (χ4n) is 3.50. The van der Waals surface area contributed by atoms with Crippen molar-refractivity contribution in [1.82, 2.24) is 0 Å². The van der Waals surface area contributed by atoms with E-state index in [-0.39, 0.29) is 0 Å². The van der Waals surface area contributed by atoms with Crippen molar-refractivity contribution in [2.24, 2.45) is 0 Å². The van der Waals surface area contributed by atoms with Crippen LogP contribution in [0, 0.1) is 6.92 Å². The summed E-state index contributed by atoms with van der Waals surface area (Å²) in [5, 5.41) is -5.08. The molecule has 3 nitrogen and oxygen atoms in total. The van der Waals surface area contributed by atoms with Crippen molar-refractivity contribution in [3.63, 3.8) is 0 Å². The van der Waals surface area contributed by atoms with E-state index >= 15 is 0 Å². The molecule has 45 heavy (non-hydrogen) atoms. The molecular weight excluding hydrogens is 711 g/mol. The van der Waals surface area contributed by atoms with Gasteiger partial charge in [-0.25, -0.2) is 8.42 Å². The highest BCUT2D eigenvalue weighted by Crippen LogP contribution is 2.64. The summed E-state index contributed by atoms with van der Waals surface area (Å²) in [7, 11) is -7.73. The van der Waals surface area contributed by atoms with Crippen molar-refractivity contribution in [1.29, 1.82) is 0 Å². The Balaban J connectivity index is 0.000000526. The van der Waals surface area contributed by atoms with Crippen LogP contribution in [0.15, 0.2) is 41.3 Å². The number of fused-ring (bicyclic) bond motifs is 1. The molecule has 0 aliphatic rings. The molecule has 0 bridgehead atoms. The Morgan fingerprint density at radius 2 is 0.933 bits per heavy atom. The second-order valence-corrected chi connectivity index (χ2v) is 12.9. The van der Waals surface area contributed by atoms with Gasteiger partial charge >= 0.3 is 47.0 Å². The zero-order valence-corrected chi connectivity index (χ0v) is 24.0. The first-order chi connectivity index (χ1) is 19.8. The van der Waals surface area contributed by atoms with Gasteiger partial charge in [0.25, 0.3) is 0 Å². The molecule has 0 aliphatic carbocycles. The Labute approximate surface area is 245 Å². The predicted molar refractivity (Wildman–Crippen MR) is 126 cm³/mol. The molecule has 0 atom stereocenters. The van der Waals surface area contributed by atoms with Gasteiger partial charge in [0.05, 0.1) is 0 Å². The number of halogens is 17. The fourth-order valence-corrected chi connectivity index (χ4v) is 5.72. The molecule has 0 aromatic heterocycles. The van der Waals surface area contributed by atoms with Gasteiger partial charge in [-0.3, -0.25) is 0 Å². The third-order valence-electron chi connectivity index (χ3n) is 6.12. The third-order valence-corrected chi connectivity index (χ3v) is 9.37. The molecule has 0 unspecified atom stereocenters. The maximum atomic E-state index is 13.0. The molecule has 0 heterocycles. The van der Waals surface area contributed by atoms with Crippen LogP contribution in [0.25, 0.3) is 10.8 Å². The smallest absolute Gasteiger partial charge is 0.460 e. The Hall–Kier alpha value is -2.23. The number of alkyl halides is 17. The summed E-state index contributed by atoms with van der Waals surface area (Å²) < 4.78 is 244. The zero-order chi connectivity index (χ0) is 36.0. The van der Waals surface area contributed by atoms with Gasteiger partial charge in [-0.2, -0.15) is 74.6 Å². The van der Waals surface area contributed by atoms with Crippen LogP contribution in [0.5, 0.6) is 0 Å². The lowest BCUT2D eigenvalue weighted by molar-refractivity contribution is -0.458. The summed E-state index contributed by atoms with van der Waals surface area (Å²) in [6, 6.07) is 13.4. The molecule has 0 amide bonds. The van der Waals surface area contributed by atoms with E-state index in [4.69, 9.17) is 0 Å². The number of rotatable bonds is 10. The van der Waals surface area contributed by atoms with E-state index in [2.05, 4.69) is 57.2 Å². The first kappa shape index (κ1) is 40.8. The van der Waals surface area contributed by atoms with E-state index in [1.54, 1.807) is 4.90 Å². The van der Waals surface area contributed by atoms with Gasteiger partial charge in [-0.15, -0.1) is 0 Å². The minimum absolute atomic E-state index is 0.415. The highest BCUT2D eigenvalue weighted by Gasteiger charge is 2.95. The van der Waals surface area contributed by atoms with E-state index in [9.17, 15) is 87.6 Å². The standard InChI is InChI=1S/C15H19S.C8HF17O3S/c1-4-16(5-2)15-11-10-12(3)13-8-6-7-9-14(13)15;9-1(10,3(13,14)5(17,18)7(21,22)23)2(11,12)4(15,16)6(19,20)8(24,25)29(26,27)28/h6-11H,4-5H2,1-3H3;(H,26,27,28)/q+1;/p-1. The number of hydrogen-bond acceptors (Lipinski definition) is 3. The maximum absolute atomic E-state index is 13.0. The van der Waals surface area contributed by atoms with E-state index in [0.29, 0.717) is 10.9 Å². The lowest BCUT2D eigenvalue weighted by atomic mass is 9.91.